The predicted octanol–water partition coefficient (Wildman–Crippen LogP) is 2.69. The molecule has 1 atom stereocenters. The fourth-order valence-corrected chi connectivity index (χ4v) is 2.02. The molecule has 0 aliphatic heterocycles. The topological polar surface area (TPSA) is 63.0 Å². The number of anilines is 1. The molecule has 1 unspecified atom stereocenters. The van der Waals surface area contributed by atoms with Crippen LogP contribution in [0, 0.1) is 0 Å². The first-order chi connectivity index (χ1) is 8.77. The Labute approximate surface area is 114 Å². The molecule has 1 aromatic rings. The monoisotopic (exact) mass is 272 g/mol. The summed E-state index contributed by atoms with van der Waals surface area (Å²) in [5, 5.41) is 14.2. The molecule has 0 amide bonds. The maximum Gasteiger partial charge on any atom is 0.315 e. The minimum absolute atomic E-state index is 0.0968. The highest BCUT2D eigenvalue weighted by Crippen LogP contribution is 2.13. The normalized spacial score (nSPS) is 12.6. The summed E-state index contributed by atoms with van der Waals surface area (Å²) < 4.78 is 5.48. The van der Waals surface area contributed by atoms with Crippen LogP contribution < -0.4 is 10.6 Å². The lowest BCUT2D eigenvalue weighted by molar-refractivity contribution is 0.440. The van der Waals surface area contributed by atoms with Crippen LogP contribution in [0.2, 0.25) is 0 Å². The summed E-state index contributed by atoms with van der Waals surface area (Å²) in [6, 6.07) is 0.621. The van der Waals surface area contributed by atoms with Crippen LogP contribution in [0.4, 0.5) is 6.01 Å². The first-order valence-electron chi connectivity index (χ1n) is 6.51. The van der Waals surface area contributed by atoms with E-state index in [1.165, 1.54) is 25.0 Å². The van der Waals surface area contributed by atoms with Gasteiger partial charge in [-0.3, -0.25) is 0 Å². The number of hydrogen-bond acceptors (Lipinski definition) is 6. The van der Waals surface area contributed by atoms with E-state index < -0.39 is 0 Å². The quantitative estimate of drug-likeness (QED) is 0.639. The van der Waals surface area contributed by atoms with Gasteiger partial charge in [-0.1, -0.05) is 17.9 Å². The number of unbranched alkanes of at least 4 members (excludes halogenated alkanes) is 3. The maximum atomic E-state index is 5.48. The van der Waals surface area contributed by atoms with Crippen LogP contribution in [0.5, 0.6) is 0 Å². The average molecular weight is 272 g/mol. The zero-order valence-corrected chi connectivity index (χ0v) is 12.3. The Kier molecular flexibility index (Phi) is 7.84. The minimum atomic E-state index is 0.0968. The second-order valence-corrected chi connectivity index (χ2v) is 5.28. The van der Waals surface area contributed by atoms with Crippen LogP contribution in [0.1, 0.15) is 44.5 Å². The SMILES string of the molecule is CNC(C)c1nnc(NCCCCCCSC)o1. The van der Waals surface area contributed by atoms with Crippen molar-refractivity contribution in [3.63, 3.8) is 0 Å². The third kappa shape index (κ3) is 5.73. The second kappa shape index (κ2) is 9.22. The summed E-state index contributed by atoms with van der Waals surface area (Å²) >= 11 is 1.91. The summed E-state index contributed by atoms with van der Waals surface area (Å²) in [6.07, 6.45) is 7.16. The molecule has 0 saturated heterocycles. The highest BCUT2D eigenvalue weighted by atomic mass is 32.2. The van der Waals surface area contributed by atoms with Gasteiger partial charge in [0.25, 0.3) is 0 Å². The van der Waals surface area contributed by atoms with Crippen LogP contribution in [-0.4, -0.2) is 35.8 Å². The maximum absolute atomic E-state index is 5.48. The fourth-order valence-electron chi connectivity index (χ4n) is 1.52. The molecule has 0 bridgehead atoms. The van der Waals surface area contributed by atoms with E-state index in [0.29, 0.717) is 11.9 Å². The van der Waals surface area contributed by atoms with E-state index in [1.807, 2.05) is 25.7 Å². The van der Waals surface area contributed by atoms with Gasteiger partial charge in [-0.2, -0.15) is 11.8 Å². The van der Waals surface area contributed by atoms with Crippen molar-refractivity contribution in [1.29, 1.82) is 0 Å². The van der Waals surface area contributed by atoms with Crippen molar-refractivity contribution in [3.8, 4) is 0 Å². The molecular formula is C12H24N4OS. The number of rotatable bonds is 10. The standard InChI is InChI=1S/C12H24N4OS/c1-10(13-2)11-15-16-12(17-11)14-8-6-4-5-7-9-18-3/h10,13H,4-9H2,1-3H3,(H,14,16). The molecule has 0 saturated carbocycles. The molecule has 0 spiro atoms. The Morgan fingerprint density at radius 2 is 2.00 bits per heavy atom. The first-order valence-corrected chi connectivity index (χ1v) is 7.90. The molecule has 0 fully saturated rings. The molecule has 0 radical (unpaired) electrons. The minimum Gasteiger partial charge on any atom is -0.406 e. The van der Waals surface area contributed by atoms with E-state index in [2.05, 4.69) is 27.1 Å². The first kappa shape index (κ1) is 15.3. The van der Waals surface area contributed by atoms with Gasteiger partial charge in [0.2, 0.25) is 5.89 Å². The lowest BCUT2D eigenvalue weighted by Gasteiger charge is -2.03. The third-order valence-corrected chi connectivity index (χ3v) is 3.49. The lowest BCUT2D eigenvalue weighted by Crippen LogP contribution is -2.12. The van der Waals surface area contributed by atoms with E-state index in [1.54, 1.807) is 0 Å². The average Bonchev–Trinajstić information content (AvgIpc) is 2.85. The van der Waals surface area contributed by atoms with Gasteiger partial charge in [0.05, 0.1) is 6.04 Å². The molecule has 6 heteroatoms. The van der Waals surface area contributed by atoms with Crippen LogP contribution in [0.25, 0.3) is 0 Å². The van der Waals surface area contributed by atoms with Crippen molar-refractivity contribution >= 4 is 17.8 Å². The molecule has 0 aliphatic rings. The number of nitrogens with one attached hydrogen (secondary N) is 2. The van der Waals surface area contributed by atoms with E-state index in [9.17, 15) is 0 Å². The van der Waals surface area contributed by atoms with Crippen molar-refractivity contribution in [3.05, 3.63) is 5.89 Å². The largest absolute Gasteiger partial charge is 0.406 e. The van der Waals surface area contributed by atoms with Crippen LogP contribution in [0.15, 0.2) is 4.42 Å². The second-order valence-electron chi connectivity index (χ2n) is 4.29. The summed E-state index contributed by atoms with van der Waals surface area (Å²) in [5.74, 6) is 1.89. The van der Waals surface area contributed by atoms with E-state index >= 15 is 0 Å². The Hall–Kier alpha value is -0.750. The molecule has 18 heavy (non-hydrogen) atoms. The summed E-state index contributed by atoms with van der Waals surface area (Å²) in [5.41, 5.74) is 0. The highest BCUT2D eigenvalue weighted by Gasteiger charge is 2.10. The summed E-state index contributed by atoms with van der Waals surface area (Å²) in [7, 11) is 1.87. The van der Waals surface area contributed by atoms with E-state index in [-0.39, 0.29) is 6.04 Å². The molecular weight excluding hydrogens is 248 g/mol. The van der Waals surface area contributed by atoms with Crippen LogP contribution in [-0.2, 0) is 0 Å². The van der Waals surface area contributed by atoms with Gasteiger partial charge in [-0.15, -0.1) is 5.10 Å². The predicted molar refractivity (Wildman–Crippen MR) is 77.1 cm³/mol. The van der Waals surface area contributed by atoms with Gasteiger partial charge in [0.1, 0.15) is 0 Å². The van der Waals surface area contributed by atoms with Crippen molar-refractivity contribution < 1.29 is 4.42 Å². The lowest BCUT2D eigenvalue weighted by atomic mass is 10.2. The summed E-state index contributed by atoms with van der Waals surface area (Å²) in [4.78, 5) is 0. The Bertz CT molecular complexity index is 319. The van der Waals surface area contributed by atoms with Gasteiger partial charge in [-0.25, -0.2) is 0 Å². The van der Waals surface area contributed by atoms with E-state index in [0.717, 1.165) is 13.0 Å². The summed E-state index contributed by atoms with van der Waals surface area (Å²) in [6.45, 7) is 2.89. The Morgan fingerprint density at radius 1 is 1.22 bits per heavy atom. The van der Waals surface area contributed by atoms with Gasteiger partial charge in [-0.05, 0) is 38.8 Å². The van der Waals surface area contributed by atoms with Gasteiger partial charge in [0, 0.05) is 6.54 Å². The van der Waals surface area contributed by atoms with Gasteiger partial charge < -0.3 is 15.1 Å². The van der Waals surface area contributed by atoms with Crippen molar-refractivity contribution in [2.45, 2.75) is 38.6 Å². The number of aromatic nitrogens is 2. The Morgan fingerprint density at radius 3 is 2.72 bits per heavy atom. The van der Waals surface area contributed by atoms with Crippen molar-refractivity contribution in [2.75, 3.05) is 30.9 Å². The zero-order chi connectivity index (χ0) is 13.2. The van der Waals surface area contributed by atoms with Crippen molar-refractivity contribution in [2.24, 2.45) is 0 Å². The van der Waals surface area contributed by atoms with Gasteiger partial charge in [0.15, 0.2) is 0 Å². The molecule has 5 nitrogen and oxygen atoms in total. The number of hydrogen-bond donors (Lipinski definition) is 2. The molecule has 1 rings (SSSR count). The molecule has 0 aliphatic carbocycles. The van der Waals surface area contributed by atoms with Crippen LogP contribution in [0.3, 0.4) is 0 Å². The smallest absolute Gasteiger partial charge is 0.315 e. The fraction of sp³-hybridized carbons (Fsp3) is 0.833. The van der Waals surface area contributed by atoms with E-state index in [4.69, 9.17) is 4.42 Å². The third-order valence-electron chi connectivity index (χ3n) is 2.80. The number of nitrogens with zero attached hydrogens (tertiary/aromatic N) is 2. The molecule has 104 valence electrons. The highest BCUT2D eigenvalue weighted by molar-refractivity contribution is 7.98. The number of thioether (sulfide) groups is 1. The zero-order valence-electron chi connectivity index (χ0n) is 11.5. The Balaban J connectivity index is 2.10. The van der Waals surface area contributed by atoms with Gasteiger partial charge >= 0.3 is 6.01 Å². The molecule has 1 aromatic heterocycles. The van der Waals surface area contributed by atoms with Crippen molar-refractivity contribution in [1.82, 2.24) is 15.5 Å². The molecule has 2 N–H and O–H groups in total. The molecule has 0 aromatic carbocycles. The molecule has 1 heterocycles. The van der Waals surface area contributed by atoms with Crippen LogP contribution >= 0.6 is 11.8 Å².